The molecule has 1 aliphatic heterocycles. The number of para-hydroxylation sites is 1. The number of phenolic OH excluding ortho intramolecular Hbond substituents is 1. The van der Waals surface area contributed by atoms with Gasteiger partial charge in [0.1, 0.15) is 0 Å². The predicted molar refractivity (Wildman–Crippen MR) is 67.3 cm³/mol. The molecule has 1 atom stereocenters. The van der Waals surface area contributed by atoms with Crippen molar-refractivity contribution >= 4 is 5.97 Å². The molecule has 6 heteroatoms. The first kappa shape index (κ1) is 13.6. The zero-order chi connectivity index (χ0) is 13.8. The minimum Gasteiger partial charge on any atom is -0.504 e. The largest absolute Gasteiger partial charge is 0.504 e. The average molecular weight is 267 g/mol. The molecule has 0 spiro atoms. The second kappa shape index (κ2) is 5.90. The van der Waals surface area contributed by atoms with Gasteiger partial charge in [-0.05, 0) is 6.07 Å². The fraction of sp³-hybridized carbons (Fsp3) is 0.462. The van der Waals surface area contributed by atoms with Crippen LogP contribution in [0.4, 0.5) is 0 Å². The molecule has 1 aliphatic rings. The highest BCUT2D eigenvalue weighted by Gasteiger charge is 2.26. The molecule has 1 fully saturated rings. The molecule has 6 nitrogen and oxygen atoms in total. The van der Waals surface area contributed by atoms with E-state index in [0.717, 1.165) is 0 Å². The van der Waals surface area contributed by atoms with Crippen LogP contribution in [0.2, 0.25) is 0 Å². The van der Waals surface area contributed by atoms with Crippen LogP contribution in [0.15, 0.2) is 18.2 Å². The quantitative estimate of drug-likeness (QED) is 0.835. The number of hydrogen-bond acceptors (Lipinski definition) is 5. The maximum atomic E-state index is 10.9. The van der Waals surface area contributed by atoms with Crippen LogP contribution in [0.25, 0.3) is 0 Å². The number of ether oxygens (including phenoxy) is 2. The van der Waals surface area contributed by atoms with E-state index < -0.39 is 12.1 Å². The Morgan fingerprint density at radius 2 is 2.37 bits per heavy atom. The molecule has 1 aromatic rings. The molecule has 1 heterocycles. The second-order valence-electron chi connectivity index (χ2n) is 4.40. The van der Waals surface area contributed by atoms with E-state index in [-0.39, 0.29) is 5.75 Å². The van der Waals surface area contributed by atoms with E-state index in [2.05, 4.69) is 0 Å². The van der Waals surface area contributed by atoms with Crippen molar-refractivity contribution < 1.29 is 24.5 Å². The smallest absolute Gasteiger partial charge is 0.334 e. The highest BCUT2D eigenvalue weighted by atomic mass is 16.5. The van der Waals surface area contributed by atoms with Crippen LogP contribution in [0.3, 0.4) is 0 Å². The van der Waals surface area contributed by atoms with Crippen molar-refractivity contribution in [2.75, 3.05) is 26.8 Å². The highest BCUT2D eigenvalue weighted by Crippen LogP contribution is 2.30. The molecule has 1 saturated heterocycles. The lowest BCUT2D eigenvalue weighted by atomic mass is 10.1. The van der Waals surface area contributed by atoms with Gasteiger partial charge in [0.05, 0.1) is 13.7 Å². The van der Waals surface area contributed by atoms with Crippen LogP contribution < -0.4 is 4.74 Å². The van der Waals surface area contributed by atoms with Crippen molar-refractivity contribution in [1.82, 2.24) is 4.90 Å². The summed E-state index contributed by atoms with van der Waals surface area (Å²) in [6.07, 6.45) is -0.804. The number of benzene rings is 1. The number of carbonyl (C=O) groups is 1. The Hall–Kier alpha value is -1.79. The fourth-order valence-corrected chi connectivity index (χ4v) is 2.10. The van der Waals surface area contributed by atoms with E-state index in [4.69, 9.17) is 14.6 Å². The number of rotatable bonds is 4. The van der Waals surface area contributed by atoms with Crippen molar-refractivity contribution in [2.45, 2.75) is 12.6 Å². The number of aromatic hydroxyl groups is 1. The maximum Gasteiger partial charge on any atom is 0.334 e. The van der Waals surface area contributed by atoms with Crippen molar-refractivity contribution in [3.05, 3.63) is 23.8 Å². The fourth-order valence-electron chi connectivity index (χ4n) is 2.10. The van der Waals surface area contributed by atoms with Crippen molar-refractivity contribution in [3.8, 4) is 11.5 Å². The summed E-state index contributed by atoms with van der Waals surface area (Å²) in [6.45, 7) is 1.80. The molecule has 0 aliphatic carbocycles. The first-order valence-electron chi connectivity index (χ1n) is 6.03. The van der Waals surface area contributed by atoms with Gasteiger partial charge in [0.2, 0.25) is 0 Å². The first-order chi connectivity index (χ1) is 9.11. The topological polar surface area (TPSA) is 79.2 Å². The van der Waals surface area contributed by atoms with Gasteiger partial charge in [0.15, 0.2) is 17.6 Å². The summed E-state index contributed by atoms with van der Waals surface area (Å²) < 4.78 is 10.2. The Bertz CT molecular complexity index is 462. The third kappa shape index (κ3) is 3.15. The molecule has 1 unspecified atom stereocenters. The van der Waals surface area contributed by atoms with Gasteiger partial charge in [-0.1, -0.05) is 12.1 Å². The Morgan fingerprint density at radius 3 is 3.05 bits per heavy atom. The molecule has 0 bridgehead atoms. The number of hydrogen-bond donors (Lipinski definition) is 2. The van der Waals surface area contributed by atoms with E-state index >= 15 is 0 Å². The number of phenols is 1. The molecule has 2 N–H and O–H groups in total. The molecule has 0 radical (unpaired) electrons. The van der Waals surface area contributed by atoms with Crippen molar-refractivity contribution in [2.24, 2.45) is 0 Å². The monoisotopic (exact) mass is 267 g/mol. The van der Waals surface area contributed by atoms with Gasteiger partial charge in [-0.3, -0.25) is 4.90 Å². The molecular weight excluding hydrogens is 250 g/mol. The third-order valence-electron chi connectivity index (χ3n) is 3.12. The van der Waals surface area contributed by atoms with Gasteiger partial charge in [0.25, 0.3) is 0 Å². The Balaban J connectivity index is 2.06. The molecular formula is C13H17NO5. The number of methoxy groups -OCH3 is 1. The number of morpholine rings is 1. The van der Waals surface area contributed by atoms with Crippen LogP contribution >= 0.6 is 0 Å². The minimum absolute atomic E-state index is 0.100. The molecule has 19 heavy (non-hydrogen) atoms. The van der Waals surface area contributed by atoms with Crippen LogP contribution in [0, 0.1) is 0 Å². The molecule has 0 aromatic heterocycles. The predicted octanol–water partition coefficient (Wildman–Crippen LogP) is 0.686. The highest BCUT2D eigenvalue weighted by molar-refractivity contribution is 5.72. The van der Waals surface area contributed by atoms with Crippen LogP contribution in [0.5, 0.6) is 11.5 Å². The normalized spacial score (nSPS) is 20.2. The van der Waals surface area contributed by atoms with E-state index in [1.807, 2.05) is 4.90 Å². The molecule has 2 rings (SSSR count). The number of carboxylic acid groups (broad SMARTS) is 1. The maximum absolute atomic E-state index is 10.9. The molecule has 0 amide bonds. The van der Waals surface area contributed by atoms with Gasteiger partial charge >= 0.3 is 5.97 Å². The third-order valence-corrected chi connectivity index (χ3v) is 3.12. The Kier molecular flexibility index (Phi) is 4.24. The standard InChI is InChI=1S/C13H17NO5/c1-18-10-4-2-3-9(12(10)15)7-14-5-6-19-11(8-14)13(16)17/h2-4,11,15H,5-8H2,1H3,(H,16,17). The Labute approximate surface area is 111 Å². The van der Waals surface area contributed by atoms with Gasteiger partial charge < -0.3 is 19.7 Å². The van der Waals surface area contributed by atoms with Crippen LogP contribution in [-0.4, -0.2) is 54.0 Å². The number of carboxylic acids is 1. The molecule has 1 aromatic carbocycles. The summed E-state index contributed by atoms with van der Waals surface area (Å²) in [5.74, 6) is -0.441. The summed E-state index contributed by atoms with van der Waals surface area (Å²) >= 11 is 0. The zero-order valence-electron chi connectivity index (χ0n) is 10.7. The lowest BCUT2D eigenvalue weighted by Crippen LogP contribution is -2.45. The lowest BCUT2D eigenvalue weighted by Gasteiger charge is -2.30. The van der Waals surface area contributed by atoms with Crippen molar-refractivity contribution in [1.29, 1.82) is 0 Å². The average Bonchev–Trinajstić information content (AvgIpc) is 2.41. The van der Waals surface area contributed by atoms with Crippen LogP contribution in [0.1, 0.15) is 5.56 Å². The van der Waals surface area contributed by atoms with Gasteiger partial charge in [-0.25, -0.2) is 4.79 Å². The lowest BCUT2D eigenvalue weighted by molar-refractivity contribution is -0.156. The summed E-state index contributed by atoms with van der Waals surface area (Å²) in [6, 6.07) is 5.27. The second-order valence-corrected chi connectivity index (χ2v) is 4.40. The first-order valence-corrected chi connectivity index (χ1v) is 6.03. The van der Waals surface area contributed by atoms with E-state index in [9.17, 15) is 9.90 Å². The zero-order valence-corrected chi connectivity index (χ0v) is 10.7. The van der Waals surface area contributed by atoms with Crippen molar-refractivity contribution in [3.63, 3.8) is 0 Å². The molecule has 104 valence electrons. The van der Waals surface area contributed by atoms with E-state index in [0.29, 0.717) is 37.6 Å². The van der Waals surface area contributed by atoms with Crippen LogP contribution in [-0.2, 0) is 16.1 Å². The van der Waals surface area contributed by atoms with Gasteiger partial charge in [0, 0.05) is 25.2 Å². The summed E-state index contributed by atoms with van der Waals surface area (Å²) in [4.78, 5) is 12.8. The van der Waals surface area contributed by atoms with E-state index in [1.165, 1.54) is 7.11 Å². The Morgan fingerprint density at radius 1 is 1.58 bits per heavy atom. The summed E-state index contributed by atoms with van der Waals surface area (Å²) in [5, 5.41) is 18.9. The number of aliphatic carboxylic acids is 1. The summed E-state index contributed by atoms with van der Waals surface area (Å²) in [7, 11) is 1.49. The van der Waals surface area contributed by atoms with Gasteiger partial charge in [-0.15, -0.1) is 0 Å². The van der Waals surface area contributed by atoms with E-state index in [1.54, 1.807) is 18.2 Å². The minimum atomic E-state index is -0.959. The number of nitrogens with zero attached hydrogens (tertiary/aromatic N) is 1. The molecule has 0 saturated carbocycles. The SMILES string of the molecule is COc1cccc(CN2CCOC(C(=O)O)C2)c1O. The summed E-state index contributed by atoms with van der Waals surface area (Å²) in [5.41, 5.74) is 0.713. The van der Waals surface area contributed by atoms with Gasteiger partial charge in [-0.2, -0.15) is 0 Å².